The van der Waals surface area contributed by atoms with Crippen molar-refractivity contribution < 1.29 is 14.6 Å². The predicted molar refractivity (Wildman–Crippen MR) is 42.2 cm³/mol. The van der Waals surface area contributed by atoms with E-state index in [-0.39, 0.29) is 12.5 Å². The smallest absolute Gasteiger partial charge is 0.222 e. The van der Waals surface area contributed by atoms with Crippen LogP contribution in [0.25, 0.3) is 0 Å². The molecule has 12 heavy (non-hydrogen) atoms. The van der Waals surface area contributed by atoms with Crippen LogP contribution in [0.15, 0.2) is 0 Å². The zero-order valence-electron chi connectivity index (χ0n) is 7.12. The van der Waals surface area contributed by atoms with Crippen LogP contribution in [-0.4, -0.2) is 43.7 Å². The van der Waals surface area contributed by atoms with Crippen molar-refractivity contribution >= 4 is 5.91 Å². The van der Waals surface area contributed by atoms with Crippen molar-refractivity contribution in [1.29, 1.82) is 0 Å². The Bertz CT molecular complexity index is 143. The topological polar surface area (TPSA) is 49.4 Å². The van der Waals surface area contributed by atoms with Crippen LogP contribution in [0.4, 0.5) is 0 Å². The Hall–Kier alpha value is -0.610. The Morgan fingerprint density at radius 3 is 2.58 bits per heavy atom. The Balaban J connectivity index is 2.20. The molecule has 1 radical (unpaired) electrons. The van der Waals surface area contributed by atoms with E-state index in [4.69, 9.17) is 4.74 Å². The normalized spacial score (nSPS) is 17.9. The summed E-state index contributed by atoms with van der Waals surface area (Å²) in [4.78, 5) is 13.1. The van der Waals surface area contributed by atoms with Crippen LogP contribution in [0, 0.1) is 0 Å². The highest BCUT2D eigenvalue weighted by atomic mass is 16.5. The molecule has 0 saturated carbocycles. The molecule has 0 aliphatic carbocycles. The lowest BCUT2D eigenvalue weighted by Gasteiger charge is -2.26. The maximum Gasteiger partial charge on any atom is 0.222 e. The summed E-state index contributed by atoms with van der Waals surface area (Å²) in [6.07, 6.45) is 0.847. The molecule has 1 aliphatic rings. The number of carbonyl (C=O) groups excluding carboxylic acids is 1. The van der Waals surface area contributed by atoms with Gasteiger partial charge in [-0.2, -0.15) is 0 Å². The van der Waals surface area contributed by atoms with E-state index in [1.54, 1.807) is 4.90 Å². The molecule has 0 spiro atoms. The molecule has 1 saturated heterocycles. The van der Waals surface area contributed by atoms with Crippen LogP contribution < -0.4 is 0 Å². The van der Waals surface area contributed by atoms with Gasteiger partial charge in [0.25, 0.3) is 0 Å². The first kappa shape index (κ1) is 9.48. The zero-order valence-corrected chi connectivity index (χ0v) is 7.12. The van der Waals surface area contributed by atoms with E-state index in [1.165, 1.54) is 0 Å². The Morgan fingerprint density at radius 1 is 1.33 bits per heavy atom. The van der Waals surface area contributed by atoms with Crippen LogP contribution in [-0.2, 0) is 14.6 Å². The molecule has 1 rings (SSSR count). The van der Waals surface area contributed by atoms with Crippen molar-refractivity contribution in [3.63, 3.8) is 0 Å². The second-order valence-corrected chi connectivity index (χ2v) is 2.80. The monoisotopic (exact) mass is 172 g/mol. The highest BCUT2D eigenvalue weighted by Crippen LogP contribution is 2.01. The molecule has 1 amide bonds. The first-order valence-electron chi connectivity index (χ1n) is 4.28. The molecule has 0 aromatic carbocycles. The first-order valence-corrected chi connectivity index (χ1v) is 4.28. The van der Waals surface area contributed by atoms with Crippen molar-refractivity contribution in [3.05, 3.63) is 0 Å². The maximum absolute atomic E-state index is 11.3. The molecule has 0 N–H and O–H groups in total. The molecule has 0 atom stereocenters. The number of rotatable bonds is 3. The predicted octanol–water partition coefficient (Wildman–Crippen LogP) is 0.0559. The molecule has 1 heterocycles. The standard InChI is InChI=1S/C8H14NO3/c10-5-1-2-8(11)9-3-6-12-7-4-9/h1-7H2. The highest BCUT2D eigenvalue weighted by Gasteiger charge is 2.15. The molecule has 0 unspecified atom stereocenters. The van der Waals surface area contributed by atoms with E-state index >= 15 is 0 Å². The first-order chi connectivity index (χ1) is 5.84. The van der Waals surface area contributed by atoms with Gasteiger partial charge in [0.05, 0.1) is 19.8 Å². The number of amides is 1. The molecule has 0 aromatic heterocycles. The van der Waals surface area contributed by atoms with Crippen molar-refractivity contribution in [3.8, 4) is 0 Å². The number of ether oxygens (including phenoxy) is 1. The van der Waals surface area contributed by atoms with E-state index < -0.39 is 0 Å². The fourth-order valence-corrected chi connectivity index (χ4v) is 1.19. The highest BCUT2D eigenvalue weighted by molar-refractivity contribution is 5.76. The van der Waals surface area contributed by atoms with Gasteiger partial charge < -0.3 is 9.64 Å². The lowest BCUT2D eigenvalue weighted by atomic mass is 10.2. The molecule has 1 aliphatic heterocycles. The van der Waals surface area contributed by atoms with Crippen LogP contribution in [0.5, 0.6) is 0 Å². The minimum atomic E-state index is -0.157. The summed E-state index contributed by atoms with van der Waals surface area (Å²) in [6.45, 7) is 2.46. The van der Waals surface area contributed by atoms with Crippen LogP contribution in [0.2, 0.25) is 0 Å². The molecule has 4 nitrogen and oxygen atoms in total. The van der Waals surface area contributed by atoms with Gasteiger partial charge in [0.2, 0.25) is 5.91 Å². The van der Waals surface area contributed by atoms with Gasteiger partial charge in [-0.05, 0) is 6.42 Å². The number of carbonyl (C=O) groups is 1. The van der Waals surface area contributed by atoms with Gasteiger partial charge in [0.15, 0.2) is 0 Å². The van der Waals surface area contributed by atoms with Crippen LogP contribution in [0.3, 0.4) is 0 Å². The summed E-state index contributed by atoms with van der Waals surface area (Å²) in [5.74, 6) is 0.0918. The second kappa shape index (κ2) is 5.11. The van der Waals surface area contributed by atoms with E-state index in [2.05, 4.69) is 0 Å². The van der Waals surface area contributed by atoms with Crippen molar-refractivity contribution in [2.45, 2.75) is 12.8 Å². The van der Waals surface area contributed by atoms with Crippen molar-refractivity contribution in [1.82, 2.24) is 4.90 Å². The third kappa shape index (κ3) is 2.79. The summed E-state index contributed by atoms with van der Waals surface area (Å²) in [6, 6.07) is 0. The number of morpholine rings is 1. The van der Waals surface area contributed by atoms with Gasteiger partial charge in [-0.15, -0.1) is 0 Å². The summed E-state index contributed by atoms with van der Waals surface area (Å²) in [7, 11) is 0. The molecule has 0 bridgehead atoms. The Morgan fingerprint density at radius 2 is 2.00 bits per heavy atom. The molecule has 4 heteroatoms. The lowest BCUT2D eigenvalue weighted by molar-refractivity contribution is -0.135. The Labute approximate surface area is 72.1 Å². The third-order valence-electron chi connectivity index (χ3n) is 1.90. The van der Waals surface area contributed by atoms with E-state index in [0.717, 1.165) is 0 Å². The summed E-state index contributed by atoms with van der Waals surface area (Å²) < 4.78 is 5.10. The molecular weight excluding hydrogens is 158 g/mol. The minimum absolute atomic E-state index is 0.0918. The number of hydrogen-bond acceptors (Lipinski definition) is 2. The maximum atomic E-state index is 11.3. The Kier molecular flexibility index (Phi) is 4.04. The summed E-state index contributed by atoms with van der Waals surface area (Å²) >= 11 is 0. The average Bonchev–Trinajstić information content (AvgIpc) is 2.15. The van der Waals surface area contributed by atoms with E-state index in [9.17, 15) is 9.90 Å². The van der Waals surface area contributed by atoms with Gasteiger partial charge in [-0.25, -0.2) is 5.11 Å². The largest absolute Gasteiger partial charge is 0.378 e. The van der Waals surface area contributed by atoms with Crippen LogP contribution in [0.1, 0.15) is 12.8 Å². The summed E-state index contributed by atoms with van der Waals surface area (Å²) in [5, 5.41) is 10.1. The molecule has 1 fully saturated rings. The van der Waals surface area contributed by atoms with Crippen molar-refractivity contribution in [2.75, 3.05) is 32.9 Å². The SMILES string of the molecule is [O]CCCC(=O)N1CCOCC1. The van der Waals surface area contributed by atoms with Crippen LogP contribution >= 0.6 is 0 Å². The van der Waals surface area contributed by atoms with E-state index in [0.29, 0.717) is 39.1 Å². The lowest BCUT2D eigenvalue weighted by Crippen LogP contribution is -2.40. The third-order valence-corrected chi connectivity index (χ3v) is 1.90. The van der Waals surface area contributed by atoms with Gasteiger partial charge in [0, 0.05) is 19.5 Å². The quantitative estimate of drug-likeness (QED) is 0.604. The van der Waals surface area contributed by atoms with Gasteiger partial charge in [-0.1, -0.05) is 0 Å². The molecule has 0 aromatic rings. The number of hydrogen-bond donors (Lipinski definition) is 0. The molecule has 69 valence electrons. The molecular formula is C8H14NO3. The number of nitrogens with zero attached hydrogens (tertiary/aromatic N) is 1. The fraction of sp³-hybridized carbons (Fsp3) is 0.875. The van der Waals surface area contributed by atoms with Gasteiger partial charge >= 0.3 is 0 Å². The minimum Gasteiger partial charge on any atom is -0.378 e. The fourth-order valence-electron chi connectivity index (χ4n) is 1.19. The zero-order chi connectivity index (χ0) is 8.81. The van der Waals surface area contributed by atoms with Gasteiger partial charge in [0.1, 0.15) is 0 Å². The summed E-state index contributed by atoms with van der Waals surface area (Å²) in [5.41, 5.74) is 0. The average molecular weight is 172 g/mol. The second-order valence-electron chi connectivity index (χ2n) is 2.80. The van der Waals surface area contributed by atoms with Crippen molar-refractivity contribution in [2.24, 2.45) is 0 Å². The van der Waals surface area contributed by atoms with E-state index in [1.807, 2.05) is 0 Å². The van der Waals surface area contributed by atoms with Gasteiger partial charge in [-0.3, -0.25) is 4.79 Å².